The predicted octanol–water partition coefficient (Wildman–Crippen LogP) is 1.01. The molecule has 17 heavy (non-hydrogen) atoms. The molecular formula is C13H24N2O2. The number of piperidine rings is 1. The Bertz CT molecular complexity index is 264. The lowest BCUT2D eigenvalue weighted by Crippen LogP contribution is -2.50. The smallest absolute Gasteiger partial charge is 0.227 e. The minimum Gasteiger partial charge on any atom is -0.381 e. The largest absolute Gasteiger partial charge is 0.381 e. The molecule has 2 atom stereocenters. The Morgan fingerprint density at radius 2 is 2.00 bits per heavy atom. The summed E-state index contributed by atoms with van der Waals surface area (Å²) in [7, 11) is 1.96. The molecule has 0 aromatic carbocycles. The van der Waals surface area contributed by atoms with E-state index in [0.717, 1.165) is 45.4 Å². The average Bonchev–Trinajstić information content (AvgIpc) is 2.39. The molecule has 0 aromatic heterocycles. The third kappa shape index (κ3) is 2.99. The van der Waals surface area contributed by atoms with E-state index in [2.05, 4.69) is 12.2 Å². The summed E-state index contributed by atoms with van der Waals surface area (Å²) in [5.74, 6) is 0.480. The summed E-state index contributed by atoms with van der Waals surface area (Å²) in [5.41, 5.74) is 0. The Labute approximate surface area is 104 Å². The van der Waals surface area contributed by atoms with Crippen molar-refractivity contribution in [1.82, 2.24) is 10.2 Å². The summed E-state index contributed by atoms with van der Waals surface area (Å²) in [5, 5.41) is 3.40. The first kappa shape index (κ1) is 12.8. The molecule has 4 heteroatoms. The van der Waals surface area contributed by atoms with Crippen LogP contribution in [0.5, 0.6) is 0 Å². The highest BCUT2D eigenvalue weighted by Crippen LogP contribution is 2.22. The zero-order valence-corrected chi connectivity index (χ0v) is 10.9. The van der Waals surface area contributed by atoms with Crippen LogP contribution in [0.3, 0.4) is 0 Å². The van der Waals surface area contributed by atoms with Gasteiger partial charge in [-0.2, -0.15) is 0 Å². The van der Waals surface area contributed by atoms with Crippen molar-refractivity contribution >= 4 is 5.91 Å². The Kier molecular flexibility index (Phi) is 4.40. The van der Waals surface area contributed by atoms with Crippen molar-refractivity contribution < 1.29 is 9.53 Å². The minimum absolute atomic E-state index is 0.164. The Morgan fingerprint density at radius 1 is 1.29 bits per heavy atom. The Hall–Kier alpha value is -0.610. The third-order valence-electron chi connectivity index (χ3n) is 4.17. The molecule has 0 radical (unpaired) electrons. The molecule has 98 valence electrons. The van der Waals surface area contributed by atoms with Gasteiger partial charge in [0, 0.05) is 32.3 Å². The van der Waals surface area contributed by atoms with E-state index in [1.165, 1.54) is 0 Å². The number of carbonyl (C=O) groups excluding carboxylic acids is 1. The molecule has 1 N–H and O–H groups in total. The summed E-state index contributed by atoms with van der Waals surface area (Å²) >= 11 is 0. The van der Waals surface area contributed by atoms with Gasteiger partial charge in [0.05, 0.1) is 5.92 Å². The van der Waals surface area contributed by atoms with E-state index >= 15 is 0 Å². The molecule has 2 heterocycles. The van der Waals surface area contributed by atoms with E-state index in [9.17, 15) is 4.79 Å². The van der Waals surface area contributed by atoms with Crippen LogP contribution < -0.4 is 5.32 Å². The van der Waals surface area contributed by atoms with Gasteiger partial charge in [0.1, 0.15) is 0 Å². The summed E-state index contributed by atoms with van der Waals surface area (Å²) in [6.07, 6.45) is 4.11. The molecular weight excluding hydrogens is 216 g/mol. The van der Waals surface area contributed by atoms with E-state index in [4.69, 9.17) is 4.74 Å². The molecule has 2 unspecified atom stereocenters. The molecule has 2 fully saturated rings. The average molecular weight is 240 g/mol. The van der Waals surface area contributed by atoms with Crippen molar-refractivity contribution in [2.24, 2.45) is 5.92 Å². The normalized spacial score (nSPS) is 31.2. The lowest BCUT2D eigenvalue weighted by Gasteiger charge is -2.37. The summed E-state index contributed by atoms with van der Waals surface area (Å²) in [6, 6.07) is 0.698. The lowest BCUT2D eigenvalue weighted by atomic mass is 9.90. The van der Waals surface area contributed by atoms with Crippen LogP contribution in [-0.2, 0) is 9.53 Å². The number of amides is 1. The summed E-state index contributed by atoms with van der Waals surface area (Å²) in [4.78, 5) is 14.4. The van der Waals surface area contributed by atoms with Crippen LogP contribution in [-0.4, -0.2) is 49.7 Å². The van der Waals surface area contributed by atoms with Gasteiger partial charge in [-0.15, -0.1) is 0 Å². The van der Waals surface area contributed by atoms with Crippen LogP contribution in [0.2, 0.25) is 0 Å². The third-order valence-corrected chi connectivity index (χ3v) is 4.17. The molecule has 0 aliphatic carbocycles. The molecule has 2 saturated heterocycles. The first-order valence-electron chi connectivity index (χ1n) is 6.78. The second-order valence-electron chi connectivity index (χ2n) is 5.28. The number of hydrogen-bond acceptors (Lipinski definition) is 3. The second-order valence-corrected chi connectivity index (χ2v) is 5.28. The second kappa shape index (κ2) is 5.83. The van der Waals surface area contributed by atoms with E-state index in [-0.39, 0.29) is 5.92 Å². The fourth-order valence-electron chi connectivity index (χ4n) is 2.90. The van der Waals surface area contributed by atoms with Gasteiger partial charge in [-0.1, -0.05) is 0 Å². The first-order chi connectivity index (χ1) is 8.20. The number of carbonyl (C=O) groups is 1. The fraction of sp³-hybridized carbons (Fsp3) is 0.923. The molecule has 0 saturated carbocycles. The molecule has 1 amide bonds. The van der Waals surface area contributed by atoms with Gasteiger partial charge in [0.25, 0.3) is 0 Å². The van der Waals surface area contributed by atoms with Gasteiger partial charge >= 0.3 is 0 Å². The maximum Gasteiger partial charge on any atom is 0.227 e. The van der Waals surface area contributed by atoms with Crippen molar-refractivity contribution in [2.45, 2.75) is 44.7 Å². The van der Waals surface area contributed by atoms with Gasteiger partial charge in [0.2, 0.25) is 5.91 Å². The van der Waals surface area contributed by atoms with Gasteiger partial charge in [0.15, 0.2) is 0 Å². The van der Waals surface area contributed by atoms with Crippen molar-refractivity contribution in [2.75, 3.05) is 26.8 Å². The first-order valence-corrected chi connectivity index (χ1v) is 6.78. The standard InChI is InChI=1S/C13H24N2O2/c1-10-12(4-3-7-14-10)13(16)15(2)11-5-8-17-9-6-11/h10-12,14H,3-9H2,1-2H3. The Balaban J connectivity index is 1.92. The minimum atomic E-state index is 0.164. The van der Waals surface area contributed by atoms with Crippen LogP contribution >= 0.6 is 0 Å². The van der Waals surface area contributed by atoms with Crippen molar-refractivity contribution in [3.05, 3.63) is 0 Å². The molecule has 2 rings (SSSR count). The topological polar surface area (TPSA) is 41.6 Å². The van der Waals surface area contributed by atoms with Crippen molar-refractivity contribution in [3.8, 4) is 0 Å². The number of ether oxygens (including phenoxy) is 1. The maximum absolute atomic E-state index is 12.5. The van der Waals surface area contributed by atoms with Gasteiger partial charge in [-0.25, -0.2) is 0 Å². The SMILES string of the molecule is CC1NCCCC1C(=O)N(C)C1CCOCC1. The fourth-order valence-corrected chi connectivity index (χ4v) is 2.90. The molecule has 2 aliphatic heterocycles. The van der Waals surface area contributed by atoms with E-state index in [1.54, 1.807) is 0 Å². The number of hydrogen-bond donors (Lipinski definition) is 1. The highest BCUT2D eigenvalue weighted by atomic mass is 16.5. The molecule has 2 aliphatic rings. The van der Waals surface area contributed by atoms with Crippen LogP contribution in [0.4, 0.5) is 0 Å². The summed E-state index contributed by atoms with van der Waals surface area (Å²) < 4.78 is 5.35. The number of rotatable bonds is 2. The zero-order chi connectivity index (χ0) is 12.3. The van der Waals surface area contributed by atoms with Crippen molar-refractivity contribution in [3.63, 3.8) is 0 Å². The highest BCUT2D eigenvalue weighted by molar-refractivity contribution is 5.79. The van der Waals surface area contributed by atoms with Crippen LogP contribution in [0.15, 0.2) is 0 Å². The predicted molar refractivity (Wildman–Crippen MR) is 66.8 cm³/mol. The quantitative estimate of drug-likeness (QED) is 0.783. The van der Waals surface area contributed by atoms with Gasteiger partial charge < -0.3 is 15.0 Å². The highest BCUT2D eigenvalue weighted by Gasteiger charge is 2.32. The van der Waals surface area contributed by atoms with Crippen LogP contribution in [0.1, 0.15) is 32.6 Å². The summed E-state index contributed by atoms with van der Waals surface area (Å²) in [6.45, 7) is 4.76. The van der Waals surface area contributed by atoms with E-state index in [1.807, 2.05) is 11.9 Å². The van der Waals surface area contributed by atoms with Crippen LogP contribution in [0, 0.1) is 5.92 Å². The van der Waals surface area contributed by atoms with E-state index < -0.39 is 0 Å². The van der Waals surface area contributed by atoms with Crippen molar-refractivity contribution in [1.29, 1.82) is 0 Å². The number of nitrogens with one attached hydrogen (secondary N) is 1. The molecule has 0 spiro atoms. The monoisotopic (exact) mass is 240 g/mol. The Morgan fingerprint density at radius 3 is 2.65 bits per heavy atom. The van der Waals surface area contributed by atoms with Gasteiger partial charge in [-0.3, -0.25) is 4.79 Å². The number of nitrogens with zero attached hydrogens (tertiary/aromatic N) is 1. The lowest BCUT2D eigenvalue weighted by molar-refractivity contribution is -0.139. The maximum atomic E-state index is 12.5. The zero-order valence-electron chi connectivity index (χ0n) is 10.9. The van der Waals surface area contributed by atoms with Crippen LogP contribution in [0.25, 0.3) is 0 Å². The van der Waals surface area contributed by atoms with Gasteiger partial charge in [-0.05, 0) is 39.2 Å². The molecule has 0 aromatic rings. The molecule has 0 bridgehead atoms. The van der Waals surface area contributed by atoms with E-state index in [0.29, 0.717) is 18.0 Å². The molecule has 4 nitrogen and oxygen atoms in total.